The molecule has 1 unspecified atom stereocenters. The molecule has 0 radical (unpaired) electrons. The van der Waals surface area contributed by atoms with Gasteiger partial charge in [0, 0.05) is 29.2 Å². The van der Waals surface area contributed by atoms with Crippen molar-refractivity contribution in [1.29, 1.82) is 0 Å². The standard InChI is InChI=1S/C30H29ClF3NO3/c1-3-38-18(2)21-9-7-20(8-10-21)16-27(36)24(15-19-5-4-6-19)26-14-11-22(17-35(26)37)28-23(30(33)34)12-13-25(31)29(28)32/h7-14,17,19,24,30H,2-6,15-16H2,1H3. The van der Waals surface area contributed by atoms with Crippen LogP contribution in [0.15, 0.2) is 61.3 Å². The summed E-state index contributed by atoms with van der Waals surface area (Å²) in [5, 5.41) is 12.8. The van der Waals surface area contributed by atoms with Crippen LogP contribution < -0.4 is 4.73 Å². The minimum Gasteiger partial charge on any atom is -0.618 e. The summed E-state index contributed by atoms with van der Waals surface area (Å²) in [6.07, 6.45) is 1.79. The lowest BCUT2D eigenvalue weighted by molar-refractivity contribution is -0.614. The normalized spacial score (nSPS) is 14.3. The van der Waals surface area contributed by atoms with Gasteiger partial charge in [-0.25, -0.2) is 13.2 Å². The van der Waals surface area contributed by atoms with Gasteiger partial charge in [0.1, 0.15) is 17.5 Å². The van der Waals surface area contributed by atoms with Crippen LogP contribution in [0.1, 0.15) is 67.3 Å². The largest absolute Gasteiger partial charge is 0.618 e. The smallest absolute Gasteiger partial charge is 0.264 e. The molecule has 0 N–H and O–H groups in total. The Kier molecular flexibility index (Phi) is 8.77. The Balaban J connectivity index is 1.63. The highest BCUT2D eigenvalue weighted by Gasteiger charge is 2.33. The highest BCUT2D eigenvalue weighted by Crippen LogP contribution is 2.38. The third kappa shape index (κ3) is 6.04. The second-order valence-electron chi connectivity index (χ2n) is 9.58. The fraction of sp³-hybridized carbons (Fsp3) is 0.333. The van der Waals surface area contributed by atoms with Gasteiger partial charge in [0.15, 0.2) is 12.0 Å². The highest BCUT2D eigenvalue weighted by molar-refractivity contribution is 6.31. The summed E-state index contributed by atoms with van der Waals surface area (Å²) in [5.74, 6) is -0.936. The van der Waals surface area contributed by atoms with Crippen LogP contribution in [0, 0.1) is 16.9 Å². The fourth-order valence-electron chi connectivity index (χ4n) is 4.82. The Morgan fingerprint density at radius 3 is 2.45 bits per heavy atom. The Hall–Kier alpha value is -3.32. The van der Waals surface area contributed by atoms with Crippen molar-refractivity contribution in [2.45, 2.75) is 51.4 Å². The first-order valence-electron chi connectivity index (χ1n) is 12.6. The lowest BCUT2D eigenvalue weighted by Crippen LogP contribution is -2.37. The predicted octanol–water partition coefficient (Wildman–Crippen LogP) is 7.81. The van der Waals surface area contributed by atoms with Gasteiger partial charge in [-0.05, 0) is 37.0 Å². The summed E-state index contributed by atoms with van der Waals surface area (Å²) in [4.78, 5) is 13.5. The number of ketones is 1. The van der Waals surface area contributed by atoms with Crippen molar-refractivity contribution in [2.75, 3.05) is 6.61 Å². The van der Waals surface area contributed by atoms with Crippen molar-refractivity contribution in [3.8, 4) is 11.1 Å². The molecule has 1 aliphatic rings. The molecular formula is C30H29ClF3NO3. The molecule has 8 heteroatoms. The summed E-state index contributed by atoms with van der Waals surface area (Å²) < 4.78 is 47.9. The van der Waals surface area contributed by atoms with Gasteiger partial charge in [0.2, 0.25) is 5.69 Å². The van der Waals surface area contributed by atoms with Crippen LogP contribution >= 0.6 is 11.6 Å². The molecule has 1 aliphatic carbocycles. The quantitative estimate of drug-likeness (QED) is 0.141. The van der Waals surface area contributed by atoms with Gasteiger partial charge in [-0.15, -0.1) is 0 Å². The van der Waals surface area contributed by atoms with Crippen molar-refractivity contribution >= 4 is 23.1 Å². The van der Waals surface area contributed by atoms with Gasteiger partial charge >= 0.3 is 0 Å². The molecule has 0 aliphatic heterocycles. The van der Waals surface area contributed by atoms with Crippen LogP contribution in [0.4, 0.5) is 13.2 Å². The highest BCUT2D eigenvalue weighted by atomic mass is 35.5. The number of rotatable bonds is 11. The first-order chi connectivity index (χ1) is 18.2. The minimum absolute atomic E-state index is 0.0287. The van der Waals surface area contributed by atoms with Crippen LogP contribution in [0.5, 0.6) is 0 Å². The number of hydrogen-bond acceptors (Lipinski definition) is 3. The van der Waals surface area contributed by atoms with Crippen molar-refractivity contribution in [1.82, 2.24) is 0 Å². The van der Waals surface area contributed by atoms with Crippen LogP contribution in [0.2, 0.25) is 5.02 Å². The number of hydrogen-bond donors (Lipinski definition) is 0. The van der Waals surface area contributed by atoms with Gasteiger partial charge in [-0.1, -0.05) is 67.8 Å². The first-order valence-corrected chi connectivity index (χ1v) is 13.0. The number of pyridine rings is 1. The molecule has 1 fully saturated rings. The van der Waals surface area contributed by atoms with Crippen LogP contribution in [-0.2, 0) is 16.0 Å². The van der Waals surface area contributed by atoms with Crippen molar-refractivity contribution in [3.05, 3.63) is 99.7 Å². The summed E-state index contributed by atoms with van der Waals surface area (Å²) in [7, 11) is 0. The van der Waals surface area contributed by atoms with E-state index in [9.17, 15) is 23.2 Å². The molecule has 2 aromatic carbocycles. The Labute approximate surface area is 225 Å². The van der Waals surface area contributed by atoms with Crippen LogP contribution in [0.25, 0.3) is 16.9 Å². The molecule has 1 heterocycles. The molecule has 3 aromatic rings. The molecule has 1 atom stereocenters. The number of carbonyl (C=O) groups is 1. The third-order valence-electron chi connectivity index (χ3n) is 7.11. The van der Waals surface area contributed by atoms with E-state index in [1.807, 2.05) is 31.2 Å². The average Bonchev–Trinajstić information content (AvgIpc) is 2.86. The van der Waals surface area contributed by atoms with E-state index in [-0.39, 0.29) is 28.5 Å². The van der Waals surface area contributed by atoms with E-state index in [1.165, 1.54) is 12.1 Å². The molecule has 1 saturated carbocycles. The maximum absolute atomic E-state index is 14.8. The van der Waals surface area contributed by atoms with E-state index in [0.717, 1.165) is 48.7 Å². The molecule has 1 aromatic heterocycles. The van der Waals surface area contributed by atoms with Gasteiger partial charge in [-0.3, -0.25) is 4.79 Å². The SMILES string of the molecule is C=C(OCC)c1ccc(CC(=O)C(CC2CCC2)c2ccc(-c3c(C(F)F)ccc(Cl)c3F)c[n+]2[O-])cc1. The average molecular weight is 544 g/mol. The number of aromatic nitrogens is 1. The van der Waals surface area contributed by atoms with E-state index in [1.54, 1.807) is 0 Å². The van der Waals surface area contributed by atoms with E-state index < -0.39 is 29.3 Å². The molecule has 0 amide bonds. The molecule has 4 rings (SSSR count). The van der Waals surface area contributed by atoms with Gasteiger partial charge < -0.3 is 9.94 Å². The summed E-state index contributed by atoms with van der Waals surface area (Å²) in [6, 6.07) is 12.3. The summed E-state index contributed by atoms with van der Waals surface area (Å²) >= 11 is 5.84. The number of ether oxygens (including phenoxy) is 1. The van der Waals surface area contributed by atoms with Gasteiger partial charge in [-0.2, -0.15) is 4.73 Å². The van der Waals surface area contributed by atoms with Crippen LogP contribution in [0.3, 0.4) is 0 Å². The molecule has 200 valence electrons. The van der Waals surface area contributed by atoms with E-state index in [0.29, 0.717) is 29.4 Å². The zero-order valence-corrected chi connectivity index (χ0v) is 21.8. The summed E-state index contributed by atoms with van der Waals surface area (Å²) in [6.45, 7) is 6.26. The first kappa shape index (κ1) is 27.7. The van der Waals surface area contributed by atoms with Gasteiger partial charge in [0.05, 0.1) is 17.2 Å². The number of Topliss-reactive ketones (excluding diaryl/α,β-unsaturated/α-hetero) is 1. The monoisotopic (exact) mass is 543 g/mol. The Morgan fingerprint density at radius 2 is 1.87 bits per heavy atom. The topological polar surface area (TPSA) is 53.2 Å². The van der Waals surface area contributed by atoms with Crippen molar-refractivity contribution in [3.63, 3.8) is 0 Å². The molecule has 0 saturated heterocycles. The molecule has 0 bridgehead atoms. The number of nitrogens with zero attached hydrogens (tertiary/aromatic N) is 1. The maximum Gasteiger partial charge on any atom is 0.264 e. The van der Waals surface area contributed by atoms with Gasteiger partial charge in [0.25, 0.3) is 6.43 Å². The Bertz CT molecular complexity index is 1320. The fourth-order valence-corrected chi connectivity index (χ4v) is 4.98. The molecular weight excluding hydrogens is 515 g/mol. The van der Waals surface area contributed by atoms with E-state index >= 15 is 0 Å². The molecule has 4 nitrogen and oxygen atoms in total. The number of benzene rings is 2. The second-order valence-corrected chi connectivity index (χ2v) is 9.98. The lowest BCUT2D eigenvalue weighted by atomic mass is 9.76. The number of alkyl halides is 2. The van der Waals surface area contributed by atoms with Crippen LogP contribution in [-0.4, -0.2) is 12.4 Å². The molecule has 38 heavy (non-hydrogen) atoms. The third-order valence-corrected chi connectivity index (χ3v) is 7.40. The van der Waals surface area contributed by atoms with E-state index in [4.69, 9.17) is 16.3 Å². The molecule has 0 spiro atoms. The number of halogens is 4. The number of carbonyl (C=O) groups excluding carboxylic acids is 1. The lowest BCUT2D eigenvalue weighted by Gasteiger charge is -2.28. The van der Waals surface area contributed by atoms with Crippen molar-refractivity contribution < 1.29 is 27.4 Å². The minimum atomic E-state index is -2.96. The maximum atomic E-state index is 14.8. The van der Waals surface area contributed by atoms with E-state index in [2.05, 4.69) is 6.58 Å². The zero-order valence-electron chi connectivity index (χ0n) is 21.1. The zero-order chi connectivity index (χ0) is 27.4. The van der Waals surface area contributed by atoms with Crippen molar-refractivity contribution in [2.24, 2.45) is 5.92 Å². The Morgan fingerprint density at radius 1 is 1.16 bits per heavy atom. The predicted molar refractivity (Wildman–Crippen MR) is 141 cm³/mol. The second kappa shape index (κ2) is 12.0. The summed E-state index contributed by atoms with van der Waals surface area (Å²) in [5.41, 5.74) is 0.820.